The average Bonchev–Trinajstić information content (AvgIpc) is 2.45. The number of aliphatic hydroxyl groups is 1. The third kappa shape index (κ3) is 4.03. The molecule has 0 aromatic heterocycles. The van der Waals surface area contributed by atoms with E-state index in [2.05, 4.69) is 9.46 Å². The Labute approximate surface area is 118 Å². The Bertz CT molecular complexity index is 553. The molecule has 112 valence electrons. The summed E-state index contributed by atoms with van der Waals surface area (Å²) in [6, 6.07) is 5.06. The van der Waals surface area contributed by atoms with Gasteiger partial charge >= 0.3 is 5.97 Å². The lowest BCUT2D eigenvalue weighted by Crippen LogP contribution is -2.38. The maximum atomic E-state index is 12.1. The van der Waals surface area contributed by atoms with E-state index >= 15 is 0 Å². The molecule has 0 saturated heterocycles. The van der Waals surface area contributed by atoms with Gasteiger partial charge in [0.15, 0.2) is 0 Å². The second-order valence-corrected chi connectivity index (χ2v) is 6.30. The van der Waals surface area contributed by atoms with Crippen LogP contribution in [0.15, 0.2) is 29.2 Å². The number of aliphatic hydroxyl groups excluding tert-OH is 1. The lowest BCUT2D eigenvalue weighted by atomic mass is 10.1. The molecule has 2 atom stereocenters. The van der Waals surface area contributed by atoms with E-state index in [1.807, 2.05) is 0 Å². The van der Waals surface area contributed by atoms with Crippen LogP contribution in [0.25, 0.3) is 0 Å². The van der Waals surface area contributed by atoms with Gasteiger partial charge in [-0.3, -0.25) is 0 Å². The van der Waals surface area contributed by atoms with Crippen molar-refractivity contribution in [1.82, 2.24) is 4.72 Å². The number of rotatable bonds is 6. The highest BCUT2D eigenvalue weighted by molar-refractivity contribution is 7.89. The first-order valence-electron chi connectivity index (χ1n) is 6.13. The molecule has 1 aromatic rings. The van der Waals surface area contributed by atoms with Gasteiger partial charge in [-0.05, 0) is 37.1 Å². The molecule has 1 rings (SSSR count). The van der Waals surface area contributed by atoms with Gasteiger partial charge in [-0.2, -0.15) is 0 Å². The summed E-state index contributed by atoms with van der Waals surface area (Å²) in [6.45, 7) is 3.32. The Morgan fingerprint density at radius 1 is 1.30 bits per heavy atom. The van der Waals surface area contributed by atoms with Crippen molar-refractivity contribution in [2.75, 3.05) is 13.7 Å². The molecule has 0 aliphatic carbocycles. The Hall–Kier alpha value is -1.44. The average molecular weight is 301 g/mol. The molecule has 2 unspecified atom stereocenters. The predicted molar refractivity (Wildman–Crippen MR) is 73.8 cm³/mol. The summed E-state index contributed by atoms with van der Waals surface area (Å²) in [4.78, 5) is 11.3. The number of ether oxygens (including phenoxy) is 1. The molecule has 0 radical (unpaired) electrons. The van der Waals surface area contributed by atoms with Crippen LogP contribution in [-0.4, -0.2) is 39.3 Å². The van der Waals surface area contributed by atoms with E-state index in [0.717, 1.165) is 0 Å². The number of methoxy groups -OCH3 is 1. The maximum Gasteiger partial charge on any atom is 0.337 e. The summed E-state index contributed by atoms with van der Waals surface area (Å²) in [5, 5.41) is 9.01. The first-order valence-corrected chi connectivity index (χ1v) is 7.61. The zero-order chi connectivity index (χ0) is 15.3. The van der Waals surface area contributed by atoms with Crippen molar-refractivity contribution in [2.24, 2.45) is 5.92 Å². The van der Waals surface area contributed by atoms with Gasteiger partial charge in [0.1, 0.15) is 0 Å². The fourth-order valence-electron chi connectivity index (χ4n) is 1.48. The summed E-state index contributed by atoms with van der Waals surface area (Å²) in [5.74, 6) is -0.719. The van der Waals surface area contributed by atoms with Crippen molar-refractivity contribution < 1.29 is 23.1 Å². The van der Waals surface area contributed by atoms with Gasteiger partial charge in [0.25, 0.3) is 0 Å². The maximum absolute atomic E-state index is 12.1. The van der Waals surface area contributed by atoms with Crippen molar-refractivity contribution >= 4 is 16.0 Å². The highest BCUT2D eigenvalue weighted by Gasteiger charge is 2.21. The molecule has 0 aliphatic rings. The Kier molecular flexibility index (Phi) is 5.67. The third-order valence-corrected chi connectivity index (χ3v) is 4.64. The summed E-state index contributed by atoms with van der Waals surface area (Å²) in [7, 11) is -2.42. The number of hydrogen-bond acceptors (Lipinski definition) is 5. The molecule has 0 aliphatic heterocycles. The molecule has 0 spiro atoms. The van der Waals surface area contributed by atoms with Crippen molar-refractivity contribution in [3.05, 3.63) is 29.8 Å². The van der Waals surface area contributed by atoms with Gasteiger partial charge in [-0.25, -0.2) is 17.9 Å². The molecule has 0 fully saturated rings. The molecule has 6 nitrogen and oxygen atoms in total. The first kappa shape index (κ1) is 16.6. The first-order chi connectivity index (χ1) is 9.31. The second-order valence-electron chi connectivity index (χ2n) is 4.59. The molecule has 0 heterocycles. The molecule has 0 bridgehead atoms. The predicted octanol–water partition coefficient (Wildman–Crippen LogP) is 0.768. The lowest BCUT2D eigenvalue weighted by molar-refractivity contribution is 0.0600. The Balaban J connectivity index is 2.91. The highest BCUT2D eigenvalue weighted by atomic mass is 32.2. The highest BCUT2D eigenvalue weighted by Crippen LogP contribution is 2.13. The number of benzene rings is 1. The zero-order valence-corrected chi connectivity index (χ0v) is 12.5. The van der Waals surface area contributed by atoms with Crippen LogP contribution < -0.4 is 4.72 Å². The van der Waals surface area contributed by atoms with Crippen molar-refractivity contribution in [2.45, 2.75) is 24.8 Å². The van der Waals surface area contributed by atoms with Gasteiger partial charge in [-0.1, -0.05) is 6.92 Å². The van der Waals surface area contributed by atoms with E-state index in [0.29, 0.717) is 0 Å². The van der Waals surface area contributed by atoms with E-state index in [1.165, 1.54) is 31.4 Å². The van der Waals surface area contributed by atoms with Crippen LogP contribution in [0.3, 0.4) is 0 Å². The van der Waals surface area contributed by atoms with E-state index in [4.69, 9.17) is 5.11 Å². The van der Waals surface area contributed by atoms with Gasteiger partial charge in [0, 0.05) is 12.6 Å². The summed E-state index contributed by atoms with van der Waals surface area (Å²) < 4.78 is 31.2. The van der Waals surface area contributed by atoms with Crippen LogP contribution in [-0.2, 0) is 14.8 Å². The second kappa shape index (κ2) is 6.83. The van der Waals surface area contributed by atoms with Crippen molar-refractivity contribution in [1.29, 1.82) is 0 Å². The Morgan fingerprint density at radius 2 is 1.85 bits per heavy atom. The van der Waals surface area contributed by atoms with E-state index < -0.39 is 22.0 Å². The standard InChI is InChI=1S/C13H19NO5S/c1-9(8-15)10(2)14-20(17,18)12-6-4-11(5-7-12)13(16)19-3/h4-7,9-10,14-15H,8H2,1-3H3. The van der Waals surface area contributed by atoms with Crippen molar-refractivity contribution in [3.8, 4) is 0 Å². The van der Waals surface area contributed by atoms with Gasteiger partial charge in [0.2, 0.25) is 10.0 Å². The van der Waals surface area contributed by atoms with Gasteiger partial charge in [-0.15, -0.1) is 0 Å². The summed E-state index contributed by atoms with van der Waals surface area (Å²) in [6.07, 6.45) is 0. The number of esters is 1. The topological polar surface area (TPSA) is 92.7 Å². The van der Waals surface area contributed by atoms with Gasteiger partial charge < -0.3 is 9.84 Å². The minimum Gasteiger partial charge on any atom is -0.465 e. The molecular formula is C13H19NO5S. The molecule has 2 N–H and O–H groups in total. The molecule has 20 heavy (non-hydrogen) atoms. The number of nitrogens with one attached hydrogen (secondary N) is 1. The van der Waals surface area contributed by atoms with Crippen LogP contribution in [0.2, 0.25) is 0 Å². The van der Waals surface area contributed by atoms with Crippen LogP contribution in [0.4, 0.5) is 0 Å². The number of carbonyl (C=O) groups excluding carboxylic acids is 1. The number of carbonyl (C=O) groups is 1. The fraction of sp³-hybridized carbons (Fsp3) is 0.462. The molecule has 0 amide bonds. The zero-order valence-electron chi connectivity index (χ0n) is 11.7. The van der Waals surface area contributed by atoms with Crippen LogP contribution >= 0.6 is 0 Å². The molecule has 0 saturated carbocycles. The monoisotopic (exact) mass is 301 g/mol. The number of sulfonamides is 1. The third-order valence-electron chi connectivity index (χ3n) is 3.07. The lowest BCUT2D eigenvalue weighted by Gasteiger charge is -2.19. The summed E-state index contributed by atoms with van der Waals surface area (Å²) in [5.41, 5.74) is 0.281. The molecule has 1 aromatic carbocycles. The Morgan fingerprint density at radius 3 is 2.30 bits per heavy atom. The SMILES string of the molecule is COC(=O)c1ccc(S(=O)(=O)NC(C)C(C)CO)cc1. The van der Waals surface area contributed by atoms with E-state index in [-0.39, 0.29) is 23.0 Å². The summed E-state index contributed by atoms with van der Waals surface area (Å²) >= 11 is 0. The minimum atomic E-state index is -3.68. The smallest absolute Gasteiger partial charge is 0.337 e. The molecular weight excluding hydrogens is 282 g/mol. The van der Waals surface area contributed by atoms with E-state index in [9.17, 15) is 13.2 Å². The van der Waals surface area contributed by atoms with Crippen LogP contribution in [0.5, 0.6) is 0 Å². The normalized spacial score (nSPS) is 14.6. The van der Waals surface area contributed by atoms with E-state index in [1.54, 1.807) is 13.8 Å². The quantitative estimate of drug-likeness (QED) is 0.757. The molecule has 7 heteroatoms. The fourth-order valence-corrected chi connectivity index (χ4v) is 2.83. The van der Waals surface area contributed by atoms with Gasteiger partial charge in [0.05, 0.1) is 17.6 Å². The van der Waals surface area contributed by atoms with Crippen molar-refractivity contribution in [3.63, 3.8) is 0 Å². The van der Waals surface area contributed by atoms with Crippen LogP contribution in [0, 0.1) is 5.92 Å². The largest absolute Gasteiger partial charge is 0.465 e. The van der Waals surface area contributed by atoms with Crippen LogP contribution in [0.1, 0.15) is 24.2 Å². The number of hydrogen-bond donors (Lipinski definition) is 2. The minimum absolute atomic E-state index is 0.0575.